The lowest BCUT2D eigenvalue weighted by Crippen LogP contribution is -2.32. The number of hydrogen-bond donors (Lipinski definition) is 0. The van der Waals surface area contributed by atoms with E-state index < -0.39 is 0 Å². The number of aromatic nitrogens is 4. The molecule has 0 unspecified atom stereocenters. The van der Waals surface area contributed by atoms with Crippen LogP contribution in [-0.2, 0) is 19.5 Å². The molecule has 0 radical (unpaired) electrons. The van der Waals surface area contributed by atoms with Crippen molar-refractivity contribution in [2.45, 2.75) is 38.8 Å². The lowest BCUT2D eigenvalue weighted by molar-refractivity contribution is 0.626. The average Bonchev–Trinajstić information content (AvgIpc) is 3.17. The van der Waals surface area contributed by atoms with Crippen LogP contribution < -0.4 is 14.8 Å². The third kappa shape index (κ3) is 3.76. The Morgan fingerprint density at radius 2 is 2.07 bits per heavy atom. The van der Waals surface area contributed by atoms with E-state index in [1.165, 1.54) is 28.0 Å². The monoisotopic (exact) mass is 421 g/mol. The van der Waals surface area contributed by atoms with Crippen molar-refractivity contribution < 1.29 is 4.39 Å². The molecule has 30 heavy (non-hydrogen) atoms. The van der Waals surface area contributed by atoms with Crippen LogP contribution in [0.15, 0.2) is 41.7 Å². The highest BCUT2D eigenvalue weighted by atomic mass is 32.1. The van der Waals surface area contributed by atoms with Crippen molar-refractivity contribution in [3.8, 4) is 6.07 Å². The molecule has 0 bridgehead atoms. The Balaban J connectivity index is 1.97. The summed E-state index contributed by atoms with van der Waals surface area (Å²) in [4.78, 5) is 13.0. The van der Waals surface area contributed by atoms with Gasteiger partial charge in [0, 0.05) is 19.5 Å². The summed E-state index contributed by atoms with van der Waals surface area (Å²) in [5.74, 6) is 1.04. The van der Waals surface area contributed by atoms with Crippen LogP contribution in [0.25, 0.3) is 11.6 Å². The first kappa shape index (κ1) is 20.0. The second kappa shape index (κ2) is 8.59. The van der Waals surface area contributed by atoms with E-state index in [2.05, 4.69) is 22.8 Å². The third-order valence-corrected chi connectivity index (χ3v) is 6.18. The maximum atomic E-state index is 13.2. The fourth-order valence-electron chi connectivity index (χ4n) is 3.57. The van der Waals surface area contributed by atoms with Gasteiger partial charge in [0.2, 0.25) is 0 Å². The predicted octanol–water partition coefficient (Wildman–Crippen LogP) is 2.10. The summed E-state index contributed by atoms with van der Waals surface area (Å²) in [7, 11) is 0. The number of nitriles is 1. The smallest absolute Gasteiger partial charge is 0.269 e. The minimum Gasteiger partial charge on any atom is -0.310 e. The van der Waals surface area contributed by atoms with Crippen molar-refractivity contribution in [1.82, 2.24) is 19.3 Å². The van der Waals surface area contributed by atoms with Crippen LogP contribution in [0.1, 0.15) is 36.5 Å². The van der Waals surface area contributed by atoms with E-state index in [0.717, 1.165) is 38.1 Å². The number of fused-ring (bicyclic) bond motifs is 1. The van der Waals surface area contributed by atoms with Crippen LogP contribution in [0.2, 0.25) is 0 Å². The van der Waals surface area contributed by atoms with Gasteiger partial charge in [-0.25, -0.2) is 4.39 Å². The fraction of sp³-hybridized carbons (Fsp3) is 0.273. The molecule has 0 saturated heterocycles. The molecule has 0 saturated carbocycles. The number of aryl methyl sites for hydroxylation is 1. The zero-order valence-corrected chi connectivity index (χ0v) is 17.2. The third-order valence-electron chi connectivity index (χ3n) is 5.05. The van der Waals surface area contributed by atoms with Crippen molar-refractivity contribution in [2.75, 3.05) is 0 Å². The van der Waals surface area contributed by atoms with Gasteiger partial charge in [-0.3, -0.25) is 9.36 Å². The van der Waals surface area contributed by atoms with Crippen LogP contribution in [0, 0.1) is 17.1 Å². The van der Waals surface area contributed by atoms with E-state index >= 15 is 0 Å². The Kier molecular flexibility index (Phi) is 5.72. The molecule has 1 aliphatic rings. The summed E-state index contributed by atoms with van der Waals surface area (Å²) < 4.78 is 17.7. The topological polar surface area (TPSA) is 76.5 Å². The second-order valence-corrected chi connectivity index (χ2v) is 8.09. The number of benzene rings is 1. The molecule has 0 fully saturated rings. The summed E-state index contributed by atoms with van der Waals surface area (Å²) >= 11 is 1.22. The molecular weight excluding hydrogens is 401 g/mol. The number of hydrogen-bond acceptors (Lipinski definition) is 5. The van der Waals surface area contributed by atoms with Crippen molar-refractivity contribution in [1.29, 1.82) is 5.26 Å². The standard InChI is InChI=1S/C22H20FN5OS/c1-2-11-28-21(29)18(13-15-7-9-16(23)10-8-15)30-22(28)17(14-24)20-26-25-19-6-4-3-5-12-27(19)20/h2,7-10,13H,1,3-6,11-12H2/b18-13+,22-17-. The molecule has 0 N–H and O–H groups in total. The van der Waals surface area contributed by atoms with Gasteiger partial charge in [-0.1, -0.05) is 24.6 Å². The molecule has 6 nitrogen and oxygen atoms in total. The normalized spacial score (nSPS) is 15.3. The van der Waals surface area contributed by atoms with E-state index in [0.29, 0.717) is 26.2 Å². The zero-order chi connectivity index (χ0) is 21.1. The van der Waals surface area contributed by atoms with E-state index in [4.69, 9.17) is 0 Å². The van der Waals surface area contributed by atoms with Gasteiger partial charge in [0.1, 0.15) is 27.9 Å². The summed E-state index contributed by atoms with van der Waals surface area (Å²) in [5, 5.41) is 18.6. The van der Waals surface area contributed by atoms with Gasteiger partial charge in [-0.2, -0.15) is 5.26 Å². The molecule has 2 aromatic heterocycles. The van der Waals surface area contributed by atoms with Crippen molar-refractivity contribution in [2.24, 2.45) is 0 Å². The summed E-state index contributed by atoms with van der Waals surface area (Å²) in [5.41, 5.74) is 0.822. The molecule has 8 heteroatoms. The maximum Gasteiger partial charge on any atom is 0.269 e. The van der Waals surface area contributed by atoms with Crippen molar-refractivity contribution in [3.63, 3.8) is 0 Å². The number of thiazole rings is 1. The summed E-state index contributed by atoms with van der Waals surface area (Å²) in [6, 6.07) is 8.17. The Hall–Kier alpha value is -3.31. The molecule has 0 aliphatic carbocycles. The number of halogens is 1. The highest BCUT2D eigenvalue weighted by Gasteiger charge is 2.20. The van der Waals surface area contributed by atoms with Gasteiger partial charge in [0.05, 0.1) is 4.53 Å². The molecule has 0 spiro atoms. The first-order valence-electron chi connectivity index (χ1n) is 9.77. The van der Waals surface area contributed by atoms with Gasteiger partial charge in [0.15, 0.2) is 5.82 Å². The Bertz CT molecular complexity index is 1310. The SMILES string of the molecule is C=CCn1c(=O)/c(=C\c2ccc(F)cc2)s/c1=C(/C#N)c1nnc2n1CCCCC2. The van der Waals surface area contributed by atoms with Crippen LogP contribution in [0.4, 0.5) is 4.39 Å². The molecule has 3 heterocycles. The predicted molar refractivity (Wildman–Crippen MR) is 114 cm³/mol. The van der Waals surface area contributed by atoms with Crippen LogP contribution in [0.3, 0.4) is 0 Å². The Morgan fingerprint density at radius 3 is 2.80 bits per heavy atom. The van der Waals surface area contributed by atoms with Crippen LogP contribution in [-0.4, -0.2) is 19.3 Å². The maximum absolute atomic E-state index is 13.2. The Labute approximate surface area is 176 Å². The highest BCUT2D eigenvalue weighted by Crippen LogP contribution is 2.18. The van der Waals surface area contributed by atoms with E-state index in [1.54, 1.807) is 24.3 Å². The van der Waals surface area contributed by atoms with Crippen molar-refractivity contribution in [3.05, 3.63) is 79.5 Å². The molecule has 3 aromatic rings. The van der Waals surface area contributed by atoms with E-state index in [-0.39, 0.29) is 17.9 Å². The van der Waals surface area contributed by atoms with Crippen molar-refractivity contribution >= 4 is 23.0 Å². The largest absolute Gasteiger partial charge is 0.310 e. The minimum atomic E-state index is -0.337. The lowest BCUT2D eigenvalue weighted by atomic mass is 10.2. The summed E-state index contributed by atoms with van der Waals surface area (Å²) in [6.07, 6.45) is 7.33. The van der Waals surface area contributed by atoms with Gasteiger partial charge in [-0.15, -0.1) is 28.1 Å². The number of rotatable bonds is 4. The molecular formula is C22H20FN5OS. The zero-order valence-electron chi connectivity index (χ0n) is 16.3. The van der Waals surface area contributed by atoms with Gasteiger partial charge >= 0.3 is 0 Å². The molecule has 1 aromatic carbocycles. The van der Waals surface area contributed by atoms with Gasteiger partial charge in [0.25, 0.3) is 5.56 Å². The first-order chi connectivity index (χ1) is 14.6. The Morgan fingerprint density at radius 1 is 1.27 bits per heavy atom. The lowest BCUT2D eigenvalue weighted by Gasteiger charge is -2.06. The summed E-state index contributed by atoms with van der Waals surface area (Å²) in [6.45, 7) is 4.77. The van der Waals surface area contributed by atoms with E-state index in [9.17, 15) is 14.4 Å². The molecule has 0 amide bonds. The average molecular weight is 422 g/mol. The van der Waals surface area contributed by atoms with Gasteiger partial charge < -0.3 is 4.57 Å². The molecule has 4 rings (SSSR count). The molecule has 0 atom stereocenters. The number of allylic oxidation sites excluding steroid dienone is 1. The minimum absolute atomic E-state index is 0.220. The second-order valence-electron chi connectivity index (χ2n) is 7.06. The first-order valence-corrected chi connectivity index (χ1v) is 10.6. The quantitative estimate of drug-likeness (QED) is 0.605. The van der Waals surface area contributed by atoms with Crippen LogP contribution >= 0.6 is 11.3 Å². The molecule has 1 aliphatic heterocycles. The highest BCUT2D eigenvalue weighted by molar-refractivity contribution is 7.07. The fourth-order valence-corrected chi connectivity index (χ4v) is 4.68. The number of nitrogens with zero attached hydrogens (tertiary/aromatic N) is 5. The van der Waals surface area contributed by atoms with E-state index in [1.807, 2.05) is 4.57 Å². The van der Waals surface area contributed by atoms with Crippen LogP contribution in [0.5, 0.6) is 0 Å². The van der Waals surface area contributed by atoms with Gasteiger partial charge in [-0.05, 0) is 36.6 Å². The molecule has 152 valence electrons.